The lowest BCUT2D eigenvalue weighted by Crippen LogP contribution is -2.41. The van der Waals surface area contributed by atoms with Gasteiger partial charge in [-0.2, -0.15) is 9.25 Å². The molecule has 2 heterocycles. The van der Waals surface area contributed by atoms with E-state index in [9.17, 15) is 0 Å². The summed E-state index contributed by atoms with van der Waals surface area (Å²) >= 11 is 0. The lowest BCUT2D eigenvalue weighted by molar-refractivity contribution is -0.743. The molecule has 0 saturated heterocycles. The number of aryl methyl sites for hydroxylation is 1. The zero-order valence-electron chi connectivity index (χ0n) is 19.8. The Kier molecular flexibility index (Phi) is 4.98. The van der Waals surface area contributed by atoms with E-state index in [1.165, 1.54) is 16.3 Å². The fourth-order valence-corrected chi connectivity index (χ4v) is 5.11. The van der Waals surface area contributed by atoms with Gasteiger partial charge in [-0.1, -0.05) is 24.3 Å². The van der Waals surface area contributed by atoms with Crippen molar-refractivity contribution in [1.82, 2.24) is 4.68 Å². The van der Waals surface area contributed by atoms with Crippen LogP contribution >= 0.6 is 0 Å². The third kappa shape index (κ3) is 3.20. The minimum atomic E-state index is 0.312. The number of hydrogen-bond acceptors (Lipinski definition) is 0. The molecule has 0 atom stereocenters. The molecule has 0 N–H and O–H groups in total. The van der Waals surface area contributed by atoms with Gasteiger partial charge in [-0.05, 0) is 51.1 Å². The SMILES string of the molecule is [C-]#[N+]c1cc(-c2c3ccccc3n(C(C)C)[n+]2C)c(C)c(-[n+]2c(C)ccc3ccccc32)c1. The van der Waals surface area contributed by atoms with E-state index in [4.69, 9.17) is 6.57 Å². The van der Waals surface area contributed by atoms with Crippen molar-refractivity contribution in [3.8, 4) is 16.9 Å². The van der Waals surface area contributed by atoms with Crippen LogP contribution in [0.3, 0.4) is 0 Å². The first-order chi connectivity index (χ1) is 15.9. The van der Waals surface area contributed by atoms with Gasteiger partial charge >= 0.3 is 0 Å². The number of fused-ring (bicyclic) bond motifs is 2. The lowest BCUT2D eigenvalue weighted by atomic mass is 9.99. The molecule has 2 aromatic heterocycles. The van der Waals surface area contributed by atoms with Crippen molar-refractivity contribution in [2.45, 2.75) is 33.7 Å². The summed E-state index contributed by atoms with van der Waals surface area (Å²) in [6.07, 6.45) is 0. The molecule has 0 amide bonds. The van der Waals surface area contributed by atoms with Gasteiger partial charge in [0.25, 0.3) is 0 Å². The maximum Gasteiger partial charge on any atom is 0.245 e. The molecule has 0 radical (unpaired) electrons. The second-order valence-corrected chi connectivity index (χ2v) is 8.95. The third-order valence-corrected chi connectivity index (χ3v) is 6.57. The molecule has 4 heteroatoms. The van der Waals surface area contributed by atoms with Gasteiger partial charge in [0.15, 0.2) is 18.4 Å². The highest BCUT2D eigenvalue weighted by molar-refractivity contribution is 5.93. The summed E-state index contributed by atoms with van der Waals surface area (Å²) in [6.45, 7) is 16.6. The highest BCUT2D eigenvalue weighted by Gasteiger charge is 2.29. The van der Waals surface area contributed by atoms with Crippen LogP contribution in [0, 0.1) is 20.4 Å². The molecule has 0 fully saturated rings. The van der Waals surface area contributed by atoms with E-state index in [0.717, 1.165) is 33.7 Å². The highest BCUT2D eigenvalue weighted by atomic mass is 15.4. The Bertz CT molecular complexity index is 1580. The van der Waals surface area contributed by atoms with Gasteiger partial charge in [0, 0.05) is 41.6 Å². The molecule has 0 aliphatic carbocycles. The largest absolute Gasteiger partial charge is 0.245 e. The van der Waals surface area contributed by atoms with Gasteiger partial charge in [-0.25, -0.2) is 4.85 Å². The summed E-state index contributed by atoms with van der Waals surface area (Å²) < 4.78 is 6.85. The second-order valence-electron chi connectivity index (χ2n) is 8.95. The van der Waals surface area contributed by atoms with Crippen LogP contribution in [-0.2, 0) is 7.05 Å². The van der Waals surface area contributed by atoms with Crippen molar-refractivity contribution >= 4 is 27.5 Å². The van der Waals surface area contributed by atoms with Gasteiger partial charge < -0.3 is 0 Å². The van der Waals surface area contributed by atoms with Crippen LogP contribution in [0.4, 0.5) is 5.69 Å². The van der Waals surface area contributed by atoms with Gasteiger partial charge in [0.2, 0.25) is 16.9 Å². The molecule has 0 spiro atoms. The summed E-state index contributed by atoms with van der Waals surface area (Å²) in [6, 6.07) is 25.7. The number of aromatic nitrogens is 3. The third-order valence-electron chi connectivity index (χ3n) is 6.57. The van der Waals surface area contributed by atoms with Gasteiger partial charge in [0.1, 0.15) is 5.52 Å². The Hall–Kier alpha value is -3.97. The minimum Gasteiger partial charge on any atom is -0.238 e. The number of para-hydroxylation sites is 2. The fraction of sp³-hybridized carbons (Fsp3) is 0.207. The number of rotatable bonds is 3. The molecule has 5 aromatic rings. The molecule has 3 aromatic carbocycles. The van der Waals surface area contributed by atoms with E-state index < -0.39 is 0 Å². The summed E-state index contributed by atoms with van der Waals surface area (Å²) in [4.78, 5) is 3.87. The van der Waals surface area contributed by atoms with Crippen LogP contribution in [0.2, 0.25) is 0 Å². The zero-order chi connectivity index (χ0) is 23.3. The Morgan fingerprint density at radius 3 is 2.39 bits per heavy atom. The number of hydrogen-bond donors (Lipinski definition) is 0. The van der Waals surface area contributed by atoms with Crippen molar-refractivity contribution in [3.05, 3.63) is 95.5 Å². The molecule has 0 bridgehead atoms. The molecule has 5 rings (SSSR count). The van der Waals surface area contributed by atoms with E-state index in [2.05, 4.69) is 114 Å². The Balaban J connectivity index is 1.90. The zero-order valence-corrected chi connectivity index (χ0v) is 19.8. The van der Waals surface area contributed by atoms with E-state index in [1.54, 1.807) is 0 Å². The first-order valence-corrected chi connectivity index (χ1v) is 11.3. The van der Waals surface area contributed by atoms with Crippen molar-refractivity contribution in [3.63, 3.8) is 0 Å². The van der Waals surface area contributed by atoms with Crippen molar-refractivity contribution in [2.75, 3.05) is 0 Å². The van der Waals surface area contributed by atoms with Crippen LogP contribution in [0.15, 0.2) is 72.8 Å². The van der Waals surface area contributed by atoms with Crippen molar-refractivity contribution < 1.29 is 9.25 Å². The number of nitrogens with zero attached hydrogens (tertiary/aromatic N) is 4. The van der Waals surface area contributed by atoms with Crippen LogP contribution in [0.1, 0.15) is 31.1 Å². The number of pyridine rings is 1. The summed E-state index contributed by atoms with van der Waals surface area (Å²) in [5, 5.41) is 2.38. The Morgan fingerprint density at radius 1 is 0.909 bits per heavy atom. The minimum absolute atomic E-state index is 0.312. The molecule has 0 aliphatic heterocycles. The van der Waals surface area contributed by atoms with Crippen LogP contribution in [0.25, 0.3) is 43.6 Å². The highest BCUT2D eigenvalue weighted by Crippen LogP contribution is 2.35. The second kappa shape index (κ2) is 7.86. The topological polar surface area (TPSA) is 17.0 Å². The average Bonchev–Trinajstić information content (AvgIpc) is 3.11. The monoisotopic (exact) mass is 432 g/mol. The quantitative estimate of drug-likeness (QED) is 0.235. The smallest absolute Gasteiger partial charge is 0.238 e. The number of benzene rings is 3. The summed E-state index contributed by atoms with van der Waals surface area (Å²) in [7, 11) is 2.12. The normalized spacial score (nSPS) is 11.4. The molecule has 162 valence electrons. The molecular weight excluding hydrogens is 404 g/mol. The van der Waals surface area contributed by atoms with E-state index in [0.29, 0.717) is 11.7 Å². The standard InChI is InChI=1S/C29H28N4/c1-19(2)33-27-14-10-8-12-24(27)29(31(33)6)25-17-23(30-5)18-28(21(25)4)32-20(3)15-16-22-11-7-9-13-26(22)32/h7-19H,1-4,6H3/q+2. The summed E-state index contributed by atoms with van der Waals surface area (Å²) in [5.41, 5.74) is 8.57. The molecule has 0 saturated carbocycles. The van der Waals surface area contributed by atoms with Gasteiger partial charge in [-0.15, -0.1) is 4.68 Å². The first kappa shape index (κ1) is 20.9. The van der Waals surface area contributed by atoms with Crippen LogP contribution in [-0.4, -0.2) is 4.68 Å². The van der Waals surface area contributed by atoms with Gasteiger partial charge in [0.05, 0.1) is 18.0 Å². The van der Waals surface area contributed by atoms with Crippen molar-refractivity contribution in [1.29, 1.82) is 0 Å². The first-order valence-electron chi connectivity index (χ1n) is 11.3. The Morgan fingerprint density at radius 2 is 1.64 bits per heavy atom. The molecule has 0 aliphatic rings. The predicted octanol–water partition coefficient (Wildman–Crippen LogP) is 6.31. The average molecular weight is 433 g/mol. The maximum absolute atomic E-state index is 7.84. The maximum atomic E-state index is 7.84. The van der Waals surface area contributed by atoms with Crippen molar-refractivity contribution in [2.24, 2.45) is 7.05 Å². The van der Waals surface area contributed by atoms with Crippen LogP contribution < -0.4 is 9.25 Å². The fourth-order valence-electron chi connectivity index (χ4n) is 5.11. The lowest BCUT2D eigenvalue weighted by Gasteiger charge is -2.11. The summed E-state index contributed by atoms with van der Waals surface area (Å²) in [5.74, 6) is 0. The molecule has 4 nitrogen and oxygen atoms in total. The Labute approximate surface area is 194 Å². The van der Waals surface area contributed by atoms with E-state index in [-0.39, 0.29) is 0 Å². The van der Waals surface area contributed by atoms with Crippen LogP contribution in [0.5, 0.6) is 0 Å². The van der Waals surface area contributed by atoms with E-state index >= 15 is 0 Å². The van der Waals surface area contributed by atoms with E-state index in [1.807, 2.05) is 12.1 Å². The molecule has 0 unspecified atom stereocenters. The molecule has 33 heavy (non-hydrogen) atoms. The predicted molar refractivity (Wildman–Crippen MR) is 134 cm³/mol. The van der Waals surface area contributed by atoms with Gasteiger partial charge in [-0.3, -0.25) is 0 Å². The molecular formula is C29H28N4+2.